The van der Waals surface area contributed by atoms with Crippen LogP contribution in [-0.2, 0) is 10.2 Å². The van der Waals surface area contributed by atoms with E-state index in [9.17, 15) is 9.59 Å². The van der Waals surface area contributed by atoms with Crippen molar-refractivity contribution >= 4 is 12.0 Å². The predicted octanol–water partition coefficient (Wildman–Crippen LogP) is 3.33. The van der Waals surface area contributed by atoms with E-state index >= 15 is 0 Å². The Morgan fingerprint density at radius 3 is 2.25 bits per heavy atom. The number of nitrogens with one attached hydrogen (secondary N) is 1. The molecule has 1 aliphatic rings. The van der Waals surface area contributed by atoms with Crippen molar-refractivity contribution in [2.75, 3.05) is 19.7 Å². The van der Waals surface area contributed by atoms with Crippen molar-refractivity contribution in [2.45, 2.75) is 52.0 Å². The molecule has 2 amide bonds. The minimum Gasteiger partial charge on any atom is -0.450 e. The van der Waals surface area contributed by atoms with Crippen LogP contribution in [0.3, 0.4) is 0 Å². The fourth-order valence-electron chi connectivity index (χ4n) is 2.86. The number of carbonyl (C=O) groups excluding carboxylic acids is 2. The normalized spacial score (nSPS) is 15.9. The van der Waals surface area contributed by atoms with Gasteiger partial charge in [-0.3, -0.25) is 4.79 Å². The summed E-state index contributed by atoms with van der Waals surface area (Å²) < 4.78 is 4.90. The first-order chi connectivity index (χ1) is 11.3. The first-order valence-corrected chi connectivity index (χ1v) is 8.64. The van der Waals surface area contributed by atoms with Gasteiger partial charge >= 0.3 is 6.09 Å². The third kappa shape index (κ3) is 4.73. The second kappa shape index (κ2) is 7.69. The fraction of sp³-hybridized carbons (Fsp3) is 0.579. The molecular formula is C19H28N2O3. The Bertz CT molecular complexity index is 567. The molecule has 0 saturated carbocycles. The lowest BCUT2D eigenvalue weighted by Gasteiger charge is -2.32. The first-order valence-electron chi connectivity index (χ1n) is 8.64. The number of amides is 2. The zero-order chi connectivity index (χ0) is 17.7. The van der Waals surface area contributed by atoms with Crippen molar-refractivity contribution in [3.05, 3.63) is 35.4 Å². The summed E-state index contributed by atoms with van der Waals surface area (Å²) in [5.74, 6) is 0.0602. The van der Waals surface area contributed by atoms with E-state index < -0.39 is 0 Å². The van der Waals surface area contributed by atoms with Crippen LogP contribution >= 0.6 is 0 Å². The number of rotatable bonds is 3. The Morgan fingerprint density at radius 2 is 1.75 bits per heavy atom. The van der Waals surface area contributed by atoms with E-state index in [1.54, 1.807) is 6.92 Å². The number of alkyl carbamates (subject to hydrolysis) is 1. The van der Waals surface area contributed by atoms with Gasteiger partial charge in [-0.15, -0.1) is 0 Å². The number of benzene rings is 1. The summed E-state index contributed by atoms with van der Waals surface area (Å²) >= 11 is 0. The minimum atomic E-state index is -0.375. The average Bonchev–Trinajstić information content (AvgIpc) is 2.54. The molecule has 1 saturated heterocycles. The van der Waals surface area contributed by atoms with Gasteiger partial charge < -0.3 is 15.0 Å². The molecular weight excluding hydrogens is 304 g/mol. The van der Waals surface area contributed by atoms with E-state index in [1.165, 1.54) is 5.56 Å². The maximum absolute atomic E-state index is 12.6. The van der Waals surface area contributed by atoms with Gasteiger partial charge in [0.05, 0.1) is 6.61 Å². The molecule has 1 heterocycles. The Labute approximate surface area is 144 Å². The van der Waals surface area contributed by atoms with Crippen molar-refractivity contribution in [3.63, 3.8) is 0 Å². The number of carbonyl (C=O) groups is 2. The van der Waals surface area contributed by atoms with Gasteiger partial charge in [0, 0.05) is 24.7 Å². The summed E-state index contributed by atoms with van der Waals surface area (Å²) in [6.07, 6.45) is 1.13. The van der Waals surface area contributed by atoms with Crippen molar-refractivity contribution in [3.8, 4) is 0 Å². The van der Waals surface area contributed by atoms with Crippen molar-refractivity contribution < 1.29 is 14.3 Å². The highest BCUT2D eigenvalue weighted by Gasteiger charge is 2.25. The van der Waals surface area contributed by atoms with E-state index in [4.69, 9.17) is 4.74 Å². The smallest absolute Gasteiger partial charge is 0.407 e. The monoisotopic (exact) mass is 332 g/mol. The molecule has 1 aromatic rings. The molecule has 5 nitrogen and oxygen atoms in total. The van der Waals surface area contributed by atoms with E-state index in [-0.39, 0.29) is 23.5 Å². The van der Waals surface area contributed by atoms with Crippen LogP contribution in [0.5, 0.6) is 0 Å². The summed E-state index contributed by atoms with van der Waals surface area (Å²) in [4.78, 5) is 25.9. The third-order valence-electron chi connectivity index (χ3n) is 4.38. The topological polar surface area (TPSA) is 58.6 Å². The molecule has 24 heavy (non-hydrogen) atoms. The second-order valence-corrected chi connectivity index (χ2v) is 7.26. The van der Waals surface area contributed by atoms with Crippen LogP contribution in [0.25, 0.3) is 0 Å². The van der Waals surface area contributed by atoms with Crippen LogP contribution in [-0.4, -0.2) is 42.6 Å². The highest BCUT2D eigenvalue weighted by Crippen LogP contribution is 2.23. The lowest BCUT2D eigenvalue weighted by atomic mass is 9.86. The largest absolute Gasteiger partial charge is 0.450 e. The lowest BCUT2D eigenvalue weighted by molar-refractivity contribution is 0.0702. The van der Waals surface area contributed by atoms with Crippen molar-refractivity contribution in [1.29, 1.82) is 0 Å². The summed E-state index contributed by atoms with van der Waals surface area (Å²) in [6.45, 7) is 9.93. The number of piperidine rings is 1. The molecule has 1 aliphatic heterocycles. The number of hydrogen-bond acceptors (Lipinski definition) is 3. The molecule has 0 spiro atoms. The van der Waals surface area contributed by atoms with Crippen molar-refractivity contribution in [1.82, 2.24) is 10.2 Å². The van der Waals surface area contributed by atoms with Crippen LogP contribution in [0.2, 0.25) is 0 Å². The number of ether oxygens (including phenoxy) is 1. The van der Waals surface area contributed by atoms with Crippen LogP contribution in [0.1, 0.15) is 56.5 Å². The standard InChI is InChI=1S/C19H28N2O3/c1-5-24-18(23)20-16-10-12-21(13-11-16)17(22)14-6-8-15(9-7-14)19(2,3)4/h6-9,16H,5,10-13H2,1-4H3,(H,20,23). The molecule has 0 radical (unpaired) electrons. The summed E-state index contributed by atoms with van der Waals surface area (Å²) in [6, 6.07) is 7.96. The molecule has 132 valence electrons. The molecule has 1 aromatic carbocycles. The van der Waals surface area contributed by atoms with Gasteiger partial charge in [0.2, 0.25) is 0 Å². The Kier molecular flexibility index (Phi) is 5.86. The SMILES string of the molecule is CCOC(=O)NC1CCN(C(=O)c2ccc(C(C)(C)C)cc2)CC1. The summed E-state index contributed by atoms with van der Waals surface area (Å²) in [7, 11) is 0. The predicted molar refractivity (Wildman–Crippen MR) is 94.2 cm³/mol. The average molecular weight is 332 g/mol. The molecule has 2 rings (SSSR count). The molecule has 0 aliphatic carbocycles. The number of hydrogen-bond donors (Lipinski definition) is 1. The third-order valence-corrected chi connectivity index (χ3v) is 4.38. The molecule has 0 bridgehead atoms. The van der Waals surface area contributed by atoms with E-state index in [1.807, 2.05) is 29.2 Å². The first kappa shape index (κ1) is 18.3. The quantitative estimate of drug-likeness (QED) is 0.923. The van der Waals surface area contributed by atoms with E-state index in [2.05, 4.69) is 26.1 Å². The van der Waals surface area contributed by atoms with Gasteiger partial charge in [0.25, 0.3) is 5.91 Å². The van der Waals surface area contributed by atoms with Gasteiger partial charge in [-0.05, 0) is 42.9 Å². The zero-order valence-electron chi connectivity index (χ0n) is 15.1. The molecule has 5 heteroatoms. The molecule has 1 fully saturated rings. The van der Waals surface area contributed by atoms with Gasteiger partial charge in [-0.2, -0.15) is 0 Å². The highest BCUT2D eigenvalue weighted by molar-refractivity contribution is 5.94. The van der Waals surface area contributed by atoms with Gasteiger partial charge in [0.1, 0.15) is 0 Å². The second-order valence-electron chi connectivity index (χ2n) is 7.26. The molecule has 0 unspecified atom stereocenters. The van der Waals surface area contributed by atoms with Crippen LogP contribution < -0.4 is 5.32 Å². The number of nitrogens with zero attached hydrogens (tertiary/aromatic N) is 1. The lowest BCUT2D eigenvalue weighted by Crippen LogP contribution is -2.46. The van der Waals surface area contributed by atoms with E-state index in [0.717, 1.165) is 18.4 Å². The van der Waals surface area contributed by atoms with Crippen LogP contribution in [0, 0.1) is 0 Å². The Hall–Kier alpha value is -2.04. The van der Waals surface area contributed by atoms with Gasteiger partial charge in [0.15, 0.2) is 0 Å². The maximum Gasteiger partial charge on any atom is 0.407 e. The molecule has 1 N–H and O–H groups in total. The van der Waals surface area contributed by atoms with Gasteiger partial charge in [-0.1, -0.05) is 32.9 Å². The highest BCUT2D eigenvalue weighted by atomic mass is 16.5. The van der Waals surface area contributed by atoms with Crippen molar-refractivity contribution in [2.24, 2.45) is 0 Å². The Balaban J connectivity index is 1.89. The molecule has 0 atom stereocenters. The number of likely N-dealkylation sites (tertiary alicyclic amines) is 1. The molecule has 0 aromatic heterocycles. The minimum absolute atomic E-state index is 0.0602. The van der Waals surface area contributed by atoms with Gasteiger partial charge in [-0.25, -0.2) is 4.79 Å². The van der Waals surface area contributed by atoms with Crippen LogP contribution in [0.4, 0.5) is 4.79 Å². The summed E-state index contributed by atoms with van der Waals surface area (Å²) in [5, 5.41) is 2.84. The fourth-order valence-corrected chi connectivity index (χ4v) is 2.86. The van der Waals surface area contributed by atoms with E-state index in [0.29, 0.717) is 19.7 Å². The zero-order valence-corrected chi connectivity index (χ0v) is 15.1. The summed E-state index contributed by atoms with van der Waals surface area (Å²) in [5.41, 5.74) is 2.02. The Morgan fingerprint density at radius 1 is 1.17 bits per heavy atom. The maximum atomic E-state index is 12.6. The van der Waals surface area contributed by atoms with Crippen LogP contribution in [0.15, 0.2) is 24.3 Å².